The fourth-order valence-electron chi connectivity index (χ4n) is 2.29. The van der Waals surface area contributed by atoms with E-state index in [1.54, 1.807) is 4.68 Å². The summed E-state index contributed by atoms with van der Waals surface area (Å²) in [5.74, 6) is 0.550. The second kappa shape index (κ2) is 4.93. The van der Waals surface area contributed by atoms with E-state index in [1.807, 2.05) is 0 Å². The van der Waals surface area contributed by atoms with Crippen LogP contribution in [0.5, 0.6) is 0 Å². The molecule has 7 heteroatoms. The normalized spacial score (nSPS) is 24.4. The summed E-state index contributed by atoms with van der Waals surface area (Å²) in [5, 5.41) is 14.8. The minimum Gasteiger partial charge on any atom is -0.378 e. The smallest absolute Gasteiger partial charge is 0.330 e. The van der Waals surface area contributed by atoms with Crippen molar-refractivity contribution in [1.29, 1.82) is 0 Å². The Kier molecular flexibility index (Phi) is 3.51. The van der Waals surface area contributed by atoms with Gasteiger partial charge in [-0.1, -0.05) is 13.8 Å². The lowest BCUT2D eigenvalue weighted by atomic mass is 9.95. The molecule has 0 amide bonds. The van der Waals surface area contributed by atoms with Crippen LogP contribution < -0.4 is 5.73 Å². The number of aromatic nitrogens is 2. The molecule has 0 spiro atoms. The van der Waals surface area contributed by atoms with Gasteiger partial charge in [0.2, 0.25) is 5.82 Å². The SMILES string of the molecule is CC(C)C1CC(n2ncc([N+](=O)[O-])c2N)CCO1. The van der Waals surface area contributed by atoms with Crippen molar-refractivity contribution in [2.24, 2.45) is 5.92 Å². The van der Waals surface area contributed by atoms with Crippen molar-refractivity contribution in [2.45, 2.75) is 38.8 Å². The third-order valence-corrected chi connectivity index (χ3v) is 3.39. The number of nitrogens with two attached hydrogens (primary N) is 1. The zero-order valence-electron chi connectivity index (χ0n) is 10.6. The van der Waals surface area contributed by atoms with E-state index in [0.29, 0.717) is 12.5 Å². The van der Waals surface area contributed by atoms with Crippen LogP contribution in [0.1, 0.15) is 32.7 Å². The van der Waals surface area contributed by atoms with E-state index >= 15 is 0 Å². The molecule has 2 rings (SSSR count). The first kappa shape index (κ1) is 12.8. The molecule has 0 aliphatic carbocycles. The number of ether oxygens (including phenoxy) is 1. The minimum atomic E-state index is -0.502. The molecule has 1 aromatic heterocycles. The quantitative estimate of drug-likeness (QED) is 0.654. The predicted octanol–water partition coefficient (Wildman–Crippen LogP) is 1.75. The van der Waals surface area contributed by atoms with E-state index in [0.717, 1.165) is 12.8 Å². The maximum atomic E-state index is 10.7. The highest BCUT2D eigenvalue weighted by molar-refractivity contribution is 5.51. The van der Waals surface area contributed by atoms with Gasteiger partial charge in [0.25, 0.3) is 0 Å². The van der Waals surface area contributed by atoms with Crippen molar-refractivity contribution in [3.63, 3.8) is 0 Å². The van der Waals surface area contributed by atoms with Gasteiger partial charge >= 0.3 is 5.69 Å². The Hall–Kier alpha value is -1.63. The number of nitrogen functional groups attached to an aromatic ring is 1. The van der Waals surface area contributed by atoms with Crippen LogP contribution in [0.25, 0.3) is 0 Å². The largest absolute Gasteiger partial charge is 0.378 e. The molecule has 0 bridgehead atoms. The lowest BCUT2D eigenvalue weighted by Crippen LogP contribution is -2.32. The Balaban J connectivity index is 2.18. The molecule has 2 atom stereocenters. The van der Waals surface area contributed by atoms with Crippen molar-refractivity contribution < 1.29 is 9.66 Å². The zero-order chi connectivity index (χ0) is 13.3. The van der Waals surface area contributed by atoms with E-state index in [2.05, 4.69) is 18.9 Å². The molecule has 100 valence electrons. The molecule has 2 N–H and O–H groups in total. The number of nitro groups is 1. The fraction of sp³-hybridized carbons (Fsp3) is 0.727. The molecule has 1 saturated heterocycles. The van der Waals surface area contributed by atoms with Crippen molar-refractivity contribution in [2.75, 3.05) is 12.3 Å². The lowest BCUT2D eigenvalue weighted by molar-refractivity contribution is -0.384. The maximum Gasteiger partial charge on any atom is 0.330 e. The number of rotatable bonds is 3. The van der Waals surface area contributed by atoms with Crippen LogP contribution in [-0.4, -0.2) is 27.4 Å². The Labute approximate surface area is 105 Å². The van der Waals surface area contributed by atoms with Gasteiger partial charge in [0.1, 0.15) is 6.20 Å². The maximum absolute atomic E-state index is 10.7. The van der Waals surface area contributed by atoms with Gasteiger partial charge in [-0.05, 0) is 18.8 Å². The highest BCUT2D eigenvalue weighted by atomic mass is 16.6. The van der Waals surface area contributed by atoms with Crippen molar-refractivity contribution >= 4 is 11.5 Å². The second-order valence-electron chi connectivity index (χ2n) is 4.95. The fourth-order valence-corrected chi connectivity index (χ4v) is 2.29. The van der Waals surface area contributed by atoms with Crippen molar-refractivity contribution in [1.82, 2.24) is 9.78 Å². The molecular formula is C11H18N4O3. The van der Waals surface area contributed by atoms with Gasteiger partial charge in [0.05, 0.1) is 17.1 Å². The second-order valence-corrected chi connectivity index (χ2v) is 4.95. The standard InChI is InChI=1S/C11H18N4O3/c1-7(2)10-5-8(3-4-18-10)14-11(12)9(6-13-14)15(16)17/h6-8,10H,3-5,12H2,1-2H3. The first-order valence-corrected chi connectivity index (χ1v) is 6.09. The summed E-state index contributed by atoms with van der Waals surface area (Å²) >= 11 is 0. The van der Waals surface area contributed by atoms with Crippen molar-refractivity contribution in [3.8, 4) is 0 Å². The molecule has 1 fully saturated rings. The first-order chi connectivity index (χ1) is 8.50. The van der Waals surface area contributed by atoms with E-state index in [9.17, 15) is 10.1 Å². The van der Waals surface area contributed by atoms with Crippen LogP contribution in [0, 0.1) is 16.0 Å². The first-order valence-electron chi connectivity index (χ1n) is 6.09. The third kappa shape index (κ3) is 2.31. The zero-order valence-corrected chi connectivity index (χ0v) is 10.6. The monoisotopic (exact) mass is 254 g/mol. The summed E-state index contributed by atoms with van der Waals surface area (Å²) in [7, 11) is 0. The summed E-state index contributed by atoms with van der Waals surface area (Å²) < 4.78 is 7.23. The Morgan fingerprint density at radius 3 is 2.94 bits per heavy atom. The van der Waals surface area contributed by atoms with Gasteiger partial charge in [-0.25, -0.2) is 4.68 Å². The molecule has 1 aliphatic rings. The van der Waals surface area contributed by atoms with Crippen LogP contribution in [0.4, 0.5) is 11.5 Å². The van der Waals surface area contributed by atoms with Crippen LogP contribution in [-0.2, 0) is 4.74 Å². The van der Waals surface area contributed by atoms with Gasteiger partial charge < -0.3 is 10.5 Å². The van der Waals surface area contributed by atoms with E-state index < -0.39 is 4.92 Å². The van der Waals surface area contributed by atoms with Gasteiger partial charge in [0, 0.05) is 6.61 Å². The number of anilines is 1. The molecule has 18 heavy (non-hydrogen) atoms. The summed E-state index contributed by atoms with van der Waals surface area (Å²) in [6, 6.07) is 0.0832. The van der Waals surface area contributed by atoms with Gasteiger partial charge in [-0.3, -0.25) is 10.1 Å². The molecule has 7 nitrogen and oxygen atoms in total. The molecule has 2 unspecified atom stereocenters. The molecular weight excluding hydrogens is 236 g/mol. The van der Waals surface area contributed by atoms with Crippen molar-refractivity contribution in [3.05, 3.63) is 16.3 Å². The predicted molar refractivity (Wildman–Crippen MR) is 66.1 cm³/mol. The van der Waals surface area contributed by atoms with E-state index in [4.69, 9.17) is 10.5 Å². The molecule has 0 aromatic carbocycles. The van der Waals surface area contributed by atoms with Gasteiger partial charge in [-0.15, -0.1) is 0 Å². The Morgan fingerprint density at radius 2 is 2.39 bits per heavy atom. The Bertz CT molecular complexity index is 443. The molecule has 1 aromatic rings. The molecule has 2 heterocycles. The third-order valence-electron chi connectivity index (χ3n) is 3.39. The average Bonchev–Trinajstić information content (AvgIpc) is 2.71. The highest BCUT2D eigenvalue weighted by Gasteiger charge is 2.29. The topological polar surface area (TPSA) is 96.2 Å². The number of nitrogens with zero attached hydrogens (tertiary/aromatic N) is 3. The number of hydrogen-bond donors (Lipinski definition) is 1. The van der Waals surface area contributed by atoms with Gasteiger partial charge in [0.15, 0.2) is 0 Å². The van der Waals surface area contributed by atoms with Gasteiger partial charge in [-0.2, -0.15) is 5.10 Å². The van der Waals surface area contributed by atoms with E-state index in [-0.39, 0.29) is 23.7 Å². The Morgan fingerprint density at radius 1 is 1.67 bits per heavy atom. The molecule has 1 aliphatic heterocycles. The highest BCUT2D eigenvalue weighted by Crippen LogP contribution is 2.32. The summed E-state index contributed by atoms with van der Waals surface area (Å²) in [6.45, 7) is 4.84. The lowest BCUT2D eigenvalue weighted by Gasteiger charge is -2.32. The summed E-state index contributed by atoms with van der Waals surface area (Å²) in [6.07, 6.45) is 2.95. The summed E-state index contributed by atoms with van der Waals surface area (Å²) in [4.78, 5) is 10.2. The molecule has 0 saturated carbocycles. The van der Waals surface area contributed by atoms with Crippen LogP contribution >= 0.6 is 0 Å². The van der Waals surface area contributed by atoms with Crippen LogP contribution in [0.2, 0.25) is 0 Å². The minimum absolute atomic E-state index is 0.0832. The van der Waals surface area contributed by atoms with Crippen LogP contribution in [0.15, 0.2) is 6.20 Å². The summed E-state index contributed by atoms with van der Waals surface area (Å²) in [5.41, 5.74) is 5.65. The molecule has 0 radical (unpaired) electrons. The average molecular weight is 254 g/mol. The van der Waals surface area contributed by atoms with Crippen LogP contribution in [0.3, 0.4) is 0 Å². The number of hydrogen-bond acceptors (Lipinski definition) is 5. The van der Waals surface area contributed by atoms with E-state index in [1.165, 1.54) is 6.20 Å².